The van der Waals surface area contributed by atoms with Gasteiger partial charge in [0.15, 0.2) is 0 Å². The Kier molecular flexibility index (Phi) is 2.52. The zero-order valence-corrected chi connectivity index (χ0v) is 8.42. The Morgan fingerprint density at radius 1 is 1.64 bits per heavy atom. The van der Waals surface area contributed by atoms with Gasteiger partial charge in [-0.25, -0.2) is 9.78 Å². The monoisotopic (exact) mass is 193 g/mol. The molecule has 1 aliphatic rings. The van der Waals surface area contributed by atoms with Crippen molar-refractivity contribution in [2.75, 3.05) is 6.54 Å². The summed E-state index contributed by atoms with van der Waals surface area (Å²) in [6.07, 6.45) is 5.84. The standard InChI is InChI=1S/C10H15N3O/c1-2-3-4-8-9-5-6-11-10(14)13(9)7-12-8/h7H,2-6H2,1H3,(H,11,14). The molecule has 0 saturated carbocycles. The van der Waals surface area contributed by atoms with Gasteiger partial charge in [-0.2, -0.15) is 0 Å². The van der Waals surface area contributed by atoms with Crippen molar-refractivity contribution in [3.8, 4) is 0 Å². The summed E-state index contributed by atoms with van der Waals surface area (Å²) in [4.78, 5) is 15.7. The minimum Gasteiger partial charge on any atom is -0.337 e. The number of unbranched alkanes of at least 4 members (excludes halogenated alkanes) is 1. The number of nitrogens with one attached hydrogen (secondary N) is 1. The first-order valence-electron chi connectivity index (χ1n) is 5.16. The van der Waals surface area contributed by atoms with E-state index in [0.717, 1.165) is 37.2 Å². The molecule has 1 N–H and O–H groups in total. The van der Waals surface area contributed by atoms with Crippen molar-refractivity contribution in [1.82, 2.24) is 14.9 Å². The maximum absolute atomic E-state index is 11.4. The molecule has 0 aromatic carbocycles. The number of nitrogens with zero attached hydrogens (tertiary/aromatic N) is 2. The van der Waals surface area contributed by atoms with Crippen LogP contribution in [0.1, 0.15) is 31.2 Å². The number of aryl methyl sites for hydroxylation is 1. The Balaban J connectivity index is 2.22. The molecule has 4 nitrogen and oxygen atoms in total. The van der Waals surface area contributed by atoms with Crippen molar-refractivity contribution in [3.63, 3.8) is 0 Å². The van der Waals surface area contributed by atoms with E-state index in [0.29, 0.717) is 0 Å². The molecule has 2 heterocycles. The average Bonchev–Trinajstić information content (AvgIpc) is 2.60. The lowest BCUT2D eigenvalue weighted by atomic mass is 10.1. The van der Waals surface area contributed by atoms with Crippen molar-refractivity contribution in [1.29, 1.82) is 0 Å². The van der Waals surface area contributed by atoms with Gasteiger partial charge in [0, 0.05) is 13.0 Å². The number of aromatic nitrogens is 2. The molecule has 0 fully saturated rings. The van der Waals surface area contributed by atoms with Crippen molar-refractivity contribution < 1.29 is 4.79 Å². The Labute approximate surface area is 83.3 Å². The molecule has 1 aromatic rings. The highest BCUT2D eigenvalue weighted by Crippen LogP contribution is 2.13. The maximum atomic E-state index is 11.4. The number of carbonyl (C=O) groups is 1. The van der Waals surface area contributed by atoms with Gasteiger partial charge in [0.25, 0.3) is 0 Å². The van der Waals surface area contributed by atoms with Crippen molar-refractivity contribution in [2.24, 2.45) is 0 Å². The molecule has 14 heavy (non-hydrogen) atoms. The third kappa shape index (κ3) is 1.52. The molecule has 2 rings (SSSR count). The molecule has 0 aliphatic carbocycles. The van der Waals surface area contributed by atoms with Crippen LogP contribution < -0.4 is 5.32 Å². The molecule has 0 spiro atoms. The lowest BCUT2D eigenvalue weighted by Crippen LogP contribution is -2.36. The van der Waals surface area contributed by atoms with Gasteiger partial charge in [-0.15, -0.1) is 0 Å². The normalized spacial score (nSPS) is 15.1. The Bertz CT molecular complexity index is 343. The Morgan fingerprint density at radius 3 is 3.29 bits per heavy atom. The van der Waals surface area contributed by atoms with Gasteiger partial charge in [-0.05, 0) is 12.8 Å². The fraction of sp³-hybridized carbons (Fsp3) is 0.600. The molecule has 0 saturated heterocycles. The van der Waals surface area contributed by atoms with Crippen LogP contribution >= 0.6 is 0 Å². The molecule has 0 unspecified atom stereocenters. The van der Waals surface area contributed by atoms with Gasteiger partial charge in [-0.3, -0.25) is 4.57 Å². The number of amides is 1. The van der Waals surface area contributed by atoms with E-state index in [-0.39, 0.29) is 6.03 Å². The molecule has 1 amide bonds. The second-order valence-corrected chi connectivity index (χ2v) is 3.59. The smallest absolute Gasteiger partial charge is 0.327 e. The molecule has 1 aromatic heterocycles. The lowest BCUT2D eigenvalue weighted by molar-refractivity contribution is 0.239. The SMILES string of the molecule is CCCCc1ncn2c1CCNC2=O. The fourth-order valence-corrected chi connectivity index (χ4v) is 1.78. The summed E-state index contributed by atoms with van der Waals surface area (Å²) in [5.41, 5.74) is 2.20. The highest BCUT2D eigenvalue weighted by molar-refractivity contribution is 5.78. The first-order valence-corrected chi connectivity index (χ1v) is 5.16. The number of imidazole rings is 1. The van der Waals surface area contributed by atoms with Gasteiger partial charge >= 0.3 is 6.03 Å². The summed E-state index contributed by atoms with van der Waals surface area (Å²) < 4.78 is 1.63. The molecular formula is C10H15N3O. The molecule has 76 valence electrons. The number of hydrogen-bond donors (Lipinski definition) is 1. The predicted molar refractivity (Wildman–Crippen MR) is 53.3 cm³/mol. The third-order valence-electron chi connectivity index (χ3n) is 2.58. The predicted octanol–water partition coefficient (Wildman–Crippen LogP) is 1.34. The van der Waals surface area contributed by atoms with E-state index in [1.807, 2.05) is 0 Å². The van der Waals surface area contributed by atoms with Crippen LogP contribution in [-0.4, -0.2) is 22.1 Å². The van der Waals surface area contributed by atoms with Gasteiger partial charge in [0.05, 0.1) is 11.4 Å². The van der Waals surface area contributed by atoms with Crippen LogP contribution in [0.15, 0.2) is 6.33 Å². The van der Waals surface area contributed by atoms with Crippen LogP contribution in [-0.2, 0) is 12.8 Å². The van der Waals surface area contributed by atoms with Crippen LogP contribution in [0.5, 0.6) is 0 Å². The first-order chi connectivity index (χ1) is 6.83. The molecule has 0 atom stereocenters. The van der Waals surface area contributed by atoms with Crippen molar-refractivity contribution in [2.45, 2.75) is 32.6 Å². The van der Waals surface area contributed by atoms with E-state index in [9.17, 15) is 4.79 Å². The Hall–Kier alpha value is -1.32. The van der Waals surface area contributed by atoms with E-state index in [1.54, 1.807) is 10.9 Å². The highest BCUT2D eigenvalue weighted by atomic mass is 16.2. The van der Waals surface area contributed by atoms with Crippen LogP contribution in [0.4, 0.5) is 4.79 Å². The summed E-state index contributed by atoms with van der Waals surface area (Å²) in [6.45, 7) is 2.90. The van der Waals surface area contributed by atoms with Crippen molar-refractivity contribution >= 4 is 6.03 Å². The summed E-state index contributed by atoms with van der Waals surface area (Å²) in [6, 6.07) is -0.0403. The van der Waals surface area contributed by atoms with Crippen LogP contribution in [0.25, 0.3) is 0 Å². The number of hydrogen-bond acceptors (Lipinski definition) is 2. The van der Waals surface area contributed by atoms with Gasteiger partial charge < -0.3 is 5.32 Å². The maximum Gasteiger partial charge on any atom is 0.327 e. The molecular weight excluding hydrogens is 178 g/mol. The quantitative estimate of drug-likeness (QED) is 0.787. The Morgan fingerprint density at radius 2 is 2.50 bits per heavy atom. The van der Waals surface area contributed by atoms with E-state index in [2.05, 4.69) is 17.2 Å². The van der Waals surface area contributed by atoms with Crippen LogP contribution in [0, 0.1) is 0 Å². The van der Waals surface area contributed by atoms with Crippen LogP contribution in [0.2, 0.25) is 0 Å². The summed E-state index contributed by atoms with van der Waals surface area (Å²) in [5.74, 6) is 0. The third-order valence-corrected chi connectivity index (χ3v) is 2.58. The molecule has 1 aliphatic heterocycles. The van der Waals surface area contributed by atoms with Crippen LogP contribution in [0.3, 0.4) is 0 Å². The van der Waals surface area contributed by atoms with E-state index < -0.39 is 0 Å². The molecule has 0 radical (unpaired) electrons. The minimum atomic E-state index is -0.0403. The second-order valence-electron chi connectivity index (χ2n) is 3.59. The second kappa shape index (κ2) is 3.82. The molecule has 4 heteroatoms. The zero-order valence-electron chi connectivity index (χ0n) is 8.42. The summed E-state index contributed by atoms with van der Waals surface area (Å²) in [5, 5.41) is 2.79. The lowest BCUT2D eigenvalue weighted by Gasteiger charge is -2.15. The van der Waals surface area contributed by atoms with E-state index >= 15 is 0 Å². The van der Waals surface area contributed by atoms with E-state index in [4.69, 9.17) is 0 Å². The minimum absolute atomic E-state index is 0.0403. The van der Waals surface area contributed by atoms with Gasteiger partial charge in [-0.1, -0.05) is 13.3 Å². The summed E-state index contributed by atoms with van der Waals surface area (Å²) in [7, 11) is 0. The molecule has 0 bridgehead atoms. The number of fused-ring (bicyclic) bond motifs is 1. The fourth-order valence-electron chi connectivity index (χ4n) is 1.78. The zero-order chi connectivity index (χ0) is 9.97. The van der Waals surface area contributed by atoms with E-state index in [1.165, 1.54) is 6.42 Å². The first kappa shape index (κ1) is 9.24. The number of carbonyl (C=O) groups excluding carboxylic acids is 1. The van der Waals surface area contributed by atoms with Gasteiger partial charge in [0.1, 0.15) is 6.33 Å². The number of rotatable bonds is 3. The topological polar surface area (TPSA) is 46.9 Å². The summed E-state index contributed by atoms with van der Waals surface area (Å²) >= 11 is 0. The highest BCUT2D eigenvalue weighted by Gasteiger charge is 2.19. The average molecular weight is 193 g/mol. The van der Waals surface area contributed by atoms with Gasteiger partial charge in [0.2, 0.25) is 0 Å². The largest absolute Gasteiger partial charge is 0.337 e. The van der Waals surface area contributed by atoms with Crippen molar-refractivity contribution in [3.05, 3.63) is 17.7 Å².